The molecule has 21 heavy (non-hydrogen) atoms. The van der Waals surface area contributed by atoms with Gasteiger partial charge in [-0.2, -0.15) is 0 Å². The smallest absolute Gasteiger partial charge is 0.192 e. The minimum Gasteiger partial charge on any atom is -0.508 e. The summed E-state index contributed by atoms with van der Waals surface area (Å²) in [7, 11) is 0. The van der Waals surface area contributed by atoms with Gasteiger partial charge in [0.2, 0.25) is 0 Å². The second-order valence-electron chi connectivity index (χ2n) is 6.42. The van der Waals surface area contributed by atoms with Crippen LogP contribution in [0.25, 0.3) is 0 Å². The number of rotatable bonds is 4. The van der Waals surface area contributed by atoms with E-state index in [9.17, 15) is 5.11 Å². The summed E-state index contributed by atoms with van der Waals surface area (Å²) >= 11 is 1.51. The fraction of sp³-hybridized carbons (Fsp3) is 0.412. The zero-order chi connectivity index (χ0) is 15.5. The summed E-state index contributed by atoms with van der Waals surface area (Å²) in [5, 5.41) is 10.0. The molecule has 4 heteroatoms. The SMILES string of the molecule is Cc1nc(Sc2ccc(O)cc2)ncc1CCC(C)(C)C. The molecule has 0 aliphatic rings. The van der Waals surface area contributed by atoms with Gasteiger partial charge in [0.05, 0.1) is 0 Å². The van der Waals surface area contributed by atoms with Crippen LogP contribution in [0.3, 0.4) is 0 Å². The molecule has 3 nitrogen and oxygen atoms in total. The summed E-state index contributed by atoms with van der Waals surface area (Å²) in [6.07, 6.45) is 4.08. The maximum Gasteiger partial charge on any atom is 0.192 e. The van der Waals surface area contributed by atoms with Gasteiger partial charge in [-0.05, 0) is 66.8 Å². The summed E-state index contributed by atoms with van der Waals surface area (Å²) in [6.45, 7) is 8.79. The van der Waals surface area contributed by atoms with Crippen molar-refractivity contribution in [1.29, 1.82) is 0 Å². The summed E-state index contributed by atoms with van der Waals surface area (Å²) in [4.78, 5) is 10.1. The van der Waals surface area contributed by atoms with Crippen molar-refractivity contribution in [3.63, 3.8) is 0 Å². The zero-order valence-electron chi connectivity index (χ0n) is 13.1. The first-order valence-corrected chi connectivity index (χ1v) is 7.94. The molecule has 0 atom stereocenters. The molecule has 0 radical (unpaired) electrons. The first-order chi connectivity index (χ1) is 9.83. The van der Waals surface area contributed by atoms with Gasteiger partial charge in [-0.1, -0.05) is 20.8 Å². The minimum absolute atomic E-state index is 0.272. The molecule has 0 bridgehead atoms. The van der Waals surface area contributed by atoms with Crippen molar-refractivity contribution in [3.05, 3.63) is 41.7 Å². The summed E-state index contributed by atoms with van der Waals surface area (Å²) < 4.78 is 0. The summed E-state index contributed by atoms with van der Waals surface area (Å²) in [6, 6.07) is 7.08. The van der Waals surface area contributed by atoms with Crippen LogP contribution in [0.5, 0.6) is 5.75 Å². The van der Waals surface area contributed by atoms with Crippen molar-refractivity contribution >= 4 is 11.8 Å². The van der Waals surface area contributed by atoms with E-state index in [0.29, 0.717) is 5.41 Å². The average Bonchev–Trinajstić information content (AvgIpc) is 2.39. The second kappa shape index (κ2) is 6.48. The molecule has 2 aromatic rings. The van der Waals surface area contributed by atoms with Crippen LogP contribution in [-0.4, -0.2) is 15.1 Å². The molecule has 1 aromatic carbocycles. The molecule has 0 fully saturated rings. The molecule has 1 aromatic heterocycles. The molecule has 0 saturated carbocycles. The number of aryl methyl sites for hydroxylation is 2. The van der Waals surface area contributed by atoms with E-state index >= 15 is 0 Å². The third kappa shape index (κ3) is 5.05. The Kier molecular flexibility index (Phi) is 4.88. The molecule has 0 aliphatic carbocycles. The number of hydrogen-bond acceptors (Lipinski definition) is 4. The van der Waals surface area contributed by atoms with Gasteiger partial charge in [-0.15, -0.1) is 0 Å². The number of phenolic OH excluding ortho intramolecular Hbond substituents is 1. The highest BCUT2D eigenvalue weighted by Crippen LogP contribution is 2.27. The standard InChI is InChI=1S/C17H22N2OS/c1-12-13(9-10-17(2,3)4)11-18-16(19-12)21-15-7-5-14(20)6-8-15/h5-8,11,20H,9-10H2,1-4H3. The molecule has 1 heterocycles. The van der Waals surface area contributed by atoms with Crippen LogP contribution in [0.4, 0.5) is 0 Å². The average molecular weight is 302 g/mol. The Bertz CT molecular complexity index is 603. The normalized spacial score (nSPS) is 11.6. The Hall–Kier alpha value is -1.55. The number of nitrogens with zero attached hydrogens (tertiary/aromatic N) is 2. The Balaban J connectivity index is 2.06. The molecular weight excluding hydrogens is 280 g/mol. The van der Waals surface area contributed by atoms with Crippen LogP contribution < -0.4 is 0 Å². The number of hydrogen-bond donors (Lipinski definition) is 1. The lowest BCUT2D eigenvalue weighted by molar-refractivity contribution is 0.377. The Morgan fingerprint density at radius 2 is 1.81 bits per heavy atom. The van der Waals surface area contributed by atoms with Crippen LogP contribution in [0.2, 0.25) is 0 Å². The third-order valence-corrected chi connectivity index (χ3v) is 4.14. The van der Waals surface area contributed by atoms with Gasteiger partial charge < -0.3 is 5.11 Å². The number of aromatic hydroxyl groups is 1. The topological polar surface area (TPSA) is 46.0 Å². The lowest BCUT2D eigenvalue weighted by Crippen LogP contribution is -2.08. The lowest BCUT2D eigenvalue weighted by Gasteiger charge is -2.18. The van der Waals surface area contributed by atoms with Crippen molar-refractivity contribution in [2.45, 2.75) is 50.6 Å². The summed E-state index contributed by atoms with van der Waals surface area (Å²) in [5.41, 5.74) is 2.60. The van der Waals surface area contributed by atoms with Gasteiger partial charge in [0, 0.05) is 16.8 Å². The van der Waals surface area contributed by atoms with Crippen LogP contribution in [0.15, 0.2) is 40.5 Å². The third-order valence-electron chi connectivity index (χ3n) is 3.25. The van der Waals surface area contributed by atoms with Gasteiger partial charge in [0.1, 0.15) is 5.75 Å². The van der Waals surface area contributed by atoms with Crippen LogP contribution in [-0.2, 0) is 6.42 Å². The quantitative estimate of drug-likeness (QED) is 0.837. The Morgan fingerprint density at radius 3 is 2.38 bits per heavy atom. The van der Waals surface area contributed by atoms with Crippen LogP contribution in [0, 0.1) is 12.3 Å². The minimum atomic E-state index is 0.272. The maximum atomic E-state index is 9.29. The van der Waals surface area contributed by atoms with Gasteiger partial charge in [-0.3, -0.25) is 0 Å². The van der Waals surface area contributed by atoms with Gasteiger partial charge in [0.15, 0.2) is 5.16 Å². The molecular formula is C17H22N2OS. The van der Waals surface area contributed by atoms with Crippen molar-refractivity contribution in [3.8, 4) is 5.75 Å². The highest BCUT2D eigenvalue weighted by Gasteiger charge is 2.12. The fourth-order valence-corrected chi connectivity index (χ4v) is 2.67. The van der Waals surface area contributed by atoms with E-state index in [1.165, 1.54) is 17.3 Å². The monoisotopic (exact) mass is 302 g/mol. The maximum absolute atomic E-state index is 9.29. The molecule has 2 rings (SSSR count). The van der Waals surface area contributed by atoms with Gasteiger partial charge in [0.25, 0.3) is 0 Å². The first kappa shape index (κ1) is 15.8. The van der Waals surface area contributed by atoms with E-state index in [4.69, 9.17) is 0 Å². The predicted molar refractivity (Wildman–Crippen MR) is 86.8 cm³/mol. The van der Waals surface area contributed by atoms with E-state index < -0.39 is 0 Å². The van der Waals surface area contributed by atoms with E-state index in [1.807, 2.05) is 25.3 Å². The van der Waals surface area contributed by atoms with Crippen LogP contribution in [0.1, 0.15) is 38.4 Å². The molecule has 112 valence electrons. The molecule has 1 N–H and O–H groups in total. The largest absolute Gasteiger partial charge is 0.508 e. The van der Waals surface area contributed by atoms with Crippen molar-refractivity contribution < 1.29 is 5.11 Å². The van der Waals surface area contributed by atoms with Gasteiger partial charge in [-0.25, -0.2) is 9.97 Å². The molecule has 0 saturated heterocycles. The van der Waals surface area contributed by atoms with E-state index in [0.717, 1.165) is 28.6 Å². The molecule has 0 aliphatic heterocycles. The fourth-order valence-electron chi connectivity index (χ4n) is 1.89. The van der Waals surface area contributed by atoms with E-state index in [1.54, 1.807) is 12.1 Å². The highest BCUT2D eigenvalue weighted by molar-refractivity contribution is 7.99. The number of phenols is 1. The molecule has 0 amide bonds. The van der Waals surface area contributed by atoms with Gasteiger partial charge >= 0.3 is 0 Å². The second-order valence-corrected chi connectivity index (χ2v) is 7.46. The lowest BCUT2D eigenvalue weighted by atomic mass is 9.89. The zero-order valence-corrected chi connectivity index (χ0v) is 13.9. The van der Waals surface area contributed by atoms with Crippen LogP contribution >= 0.6 is 11.8 Å². The number of benzene rings is 1. The van der Waals surface area contributed by atoms with E-state index in [-0.39, 0.29) is 5.75 Å². The molecule has 0 spiro atoms. The highest BCUT2D eigenvalue weighted by atomic mass is 32.2. The molecule has 0 unspecified atom stereocenters. The summed E-state index contributed by atoms with van der Waals surface area (Å²) in [5.74, 6) is 0.272. The van der Waals surface area contributed by atoms with Crippen molar-refractivity contribution in [2.24, 2.45) is 5.41 Å². The predicted octanol–water partition coefficient (Wildman–Crippen LogP) is 4.62. The van der Waals surface area contributed by atoms with Crippen molar-refractivity contribution in [2.75, 3.05) is 0 Å². The first-order valence-electron chi connectivity index (χ1n) is 7.13. The number of aromatic nitrogens is 2. The Morgan fingerprint density at radius 1 is 1.14 bits per heavy atom. The van der Waals surface area contributed by atoms with Crippen molar-refractivity contribution in [1.82, 2.24) is 9.97 Å². The Labute approximate surface area is 130 Å². The van der Waals surface area contributed by atoms with E-state index in [2.05, 4.69) is 30.7 Å².